The van der Waals surface area contributed by atoms with Crippen LogP contribution in [0.2, 0.25) is 0 Å². The summed E-state index contributed by atoms with van der Waals surface area (Å²) in [4.78, 5) is 2.60. The van der Waals surface area contributed by atoms with Crippen LogP contribution in [0.25, 0.3) is 0 Å². The molecule has 1 unspecified atom stereocenters. The fourth-order valence-electron chi connectivity index (χ4n) is 2.85. The van der Waals surface area contributed by atoms with Crippen LogP contribution >= 0.6 is 22.6 Å². The highest BCUT2D eigenvalue weighted by Crippen LogP contribution is 2.47. The first-order chi connectivity index (χ1) is 5.35. The van der Waals surface area contributed by atoms with Gasteiger partial charge in [-0.2, -0.15) is 0 Å². The van der Waals surface area contributed by atoms with E-state index in [1.807, 2.05) is 0 Å². The lowest BCUT2D eigenvalue weighted by Crippen LogP contribution is -2.54. The standard InChI is InChI=1S/C9H16IN/c1-2-9-7-3-8(9)5-11(4-7)6-10/h7-9H,2-6H2,1H3/t7-,8+,9?. The highest BCUT2D eigenvalue weighted by Gasteiger charge is 2.44. The summed E-state index contributed by atoms with van der Waals surface area (Å²) in [5.74, 6) is 3.22. The molecule has 3 rings (SSSR count). The monoisotopic (exact) mass is 265 g/mol. The summed E-state index contributed by atoms with van der Waals surface area (Å²) in [5, 5.41) is 0. The van der Waals surface area contributed by atoms with Gasteiger partial charge >= 0.3 is 0 Å². The number of piperidine rings is 2. The Balaban J connectivity index is 1.91. The average Bonchev–Trinajstić information content (AvgIpc) is 2.05. The van der Waals surface area contributed by atoms with Gasteiger partial charge in [-0.1, -0.05) is 35.9 Å². The molecular weight excluding hydrogens is 249 g/mol. The molecule has 0 aromatic rings. The van der Waals surface area contributed by atoms with E-state index in [0.717, 1.165) is 17.8 Å². The van der Waals surface area contributed by atoms with E-state index in [1.54, 1.807) is 0 Å². The molecule has 2 aliphatic heterocycles. The van der Waals surface area contributed by atoms with Crippen molar-refractivity contribution in [3.63, 3.8) is 0 Å². The van der Waals surface area contributed by atoms with Gasteiger partial charge < -0.3 is 0 Å². The van der Waals surface area contributed by atoms with Crippen molar-refractivity contribution in [1.82, 2.24) is 4.90 Å². The fourth-order valence-corrected chi connectivity index (χ4v) is 3.41. The van der Waals surface area contributed by atoms with Gasteiger partial charge in [-0.3, -0.25) is 4.90 Å². The van der Waals surface area contributed by atoms with Crippen molar-refractivity contribution in [2.45, 2.75) is 19.8 Å². The van der Waals surface area contributed by atoms with Crippen molar-refractivity contribution in [3.8, 4) is 0 Å². The van der Waals surface area contributed by atoms with Crippen LogP contribution in [-0.4, -0.2) is 22.5 Å². The first-order valence-corrected chi connectivity index (χ1v) is 6.16. The molecule has 0 amide bonds. The quantitative estimate of drug-likeness (QED) is 0.421. The topological polar surface area (TPSA) is 3.24 Å². The molecule has 0 aromatic carbocycles. The predicted molar refractivity (Wildman–Crippen MR) is 55.8 cm³/mol. The Bertz CT molecular complexity index is 136. The van der Waals surface area contributed by atoms with E-state index in [1.165, 1.54) is 30.5 Å². The lowest BCUT2D eigenvalue weighted by atomic mass is 9.61. The Hall–Kier alpha value is 0.690. The summed E-state index contributed by atoms with van der Waals surface area (Å²) in [5.41, 5.74) is 0. The molecule has 3 fully saturated rings. The number of alkyl halides is 1. The molecule has 2 heterocycles. The summed E-state index contributed by atoms with van der Waals surface area (Å²) in [6.07, 6.45) is 2.95. The maximum absolute atomic E-state index is 2.60. The third kappa shape index (κ3) is 1.32. The van der Waals surface area contributed by atoms with Crippen LogP contribution in [0.15, 0.2) is 0 Å². The minimum absolute atomic E-state index is 1.06. The van der Waals surface area contributed by atoms with Crippen LogP contribution in [0, 0.1) is 17.8 Å². The van der Waals surface area contributed by atoms with Crippen molar-refractivity contribution < 1.29 is 0 Å². The zero-order valence-electron chi connectivity index (χ0n) is 7.09. The normalized spacial score (nSPS) is 43.6. The second kappa shape index (κ2) is 3.21. The number of fused-ring (bicyclic) bond motifs is 2. The molecule has 0 N–H and O–H groups in total. The van der Waals surface area contributed by atoms with E-state index < -0.39 is 0 Å². The highest BCUT2D eigenvalue weighted by atomic mass is 127. The smallest absolute Gasteiger partial charge is 0.0505 e. The van der Waals surface area contributed by atoms with Crippen LogP contribution in [0.4, 0.5) is 0 Å². The number of rotatable bonds is 2. The maximum Gasteiger partial charge on any atom is 0.0505 e. The van der Waals surface area contributed by atoms with Crippen LogP contribution in [0.5, 0.6) is 0 Å². The zero-order chi connectivity index (χ0) is 7.84. The summed E-state index contributed by atoms with van der Waals surface area (Å²) < 4.78 is 1.24. The molecule has 2 bridgehead atoms. The van der Waals surface area contributed by atoms with Crippen molar-refractivity contribution in [2.24, 2.45) is 17.8 Å². The minimum atomic E-state index is 1.06. The van der Waals surface area contributed by atoms with Crippen LogP contribution in [-0.2, 0) is 0 Å². The van der Waals surface area contributed by atoms with E-state index in [-0.39, 0.29) is 0 Å². The fraction of sp³-hybridized carbons (Fsp3) is 1.00. The molecule has 0 spiro atoms. The molecule has 1 saturated carbocycles. The Morgan fingerprint density at radius 1 is 1.36 bits per heavy atom. The summed E-state index contributed by atoms with van der Waals surface area (Å²) >= 11 is 2.48. The molecule has 0 radical (unpaired) electrons. The second-order valence-electron chi connectivity index (χ2n) is 3.98. The van der Waals surface area contributed by atoms with E-state index in [2.05, 4.69) is 34.4 Å². The first kappa shape index (κ1) is 8.30. The zero-order valence-corrected chi connectivity index (χ0v) is 9.25. The van der Waals surface area contributed by atoms with Gasteiger partial charge in [-0.25, -0.2) is 0 Å². The molecule has 3 atom stereocenters. The van der Waals surface area contributed by atoms with Gasteiger partial charge in [0.25, 0.3) is 0 Å². The average molecular weight is 265 g/mol. The van der Waals surface area contributed by atoms with Crippen LogP contribution < -0.4 is 0 Å². The van der Waals surface area contributed by atoms with Gasteiger partial charge in [0.15, 0.2) is 0 Å². The summed E-state index contributed by atoms with van der Waals surface area (Å²) in [6.45, 7) is 5.12. The Morgan fingerprint density at radius 3 is 2.45 bits per heavy atom. The molecule has 1 nitrogen and oxygen atoms in total. The van der Waals surface area contributed by atoms with Gasteiger partial charge in [-0.05, 0) is 24.2 Å². The minimum Gasteiger partial charge on any atom is -0.294 e. The SMILES string of the molecule is CCC1[C@@H]2C[C@H]1CN(CI)C2. The maximum atomic E-state index is 2.60. The van der Waals surface area contributed by atoms with Gasteiger partial charge in [0.2, 0.25) is 0 Å². The van der Waals surface area contributed by atoms with Gasteiger partial charge in [-0.15, -0.1) is 0 Å². The van der Waals surface area contributed by atoms with Gasteiger partial charge in [0.05, 0.1) is 4.55 Å². The van der Waals surface area contributed by atoms with E-state index in [4.69, 9.17) is 0 Å². The first-order valence-electron chi connectivity index (χ1n) is 4.63. The lowest BCUT2D eigenvalue weighted by molar-refractivity contribution is -0.0350. The Labute approximate surface area is 82.7 Å². The van der Waals surface area contributed by atoms with Gasteiger partial charge in [0.1, 0.15) is 0 Å². The molecule has 11 heavy (non-hydrogen) atoms. The summed E-state index contributed by atoms with van der Waals surface area (Å²) in [6, 6.07) is 0. The molecule has 0 aromatic heterocycles. The lowest BCUT2D eigenvalue weighted by Gasteiger charge is -2.53. The van der Waals surface area contributed by atoms with E-state index >= 15 is 0 Å². The molecule has 2 heteroatoms. The second-order valence-corrected chi connectivity index (χ2v) is 4.67. The van der Waals surface area contributed by atoms with E-state index in [0.29, 0.717) is 0 Å². The highest BCUT2D eigenvalue weighted by molar-refractivity contribution is 14.1. The Kier molecular flexibility index (Phi) is 2.42. The van der Waals surface area contributed by atoms with Gasteiger partial charge in [0, 0.05) is 13.1 Å². The van der Waals surface area contributed by atoms with Crippen molar-refractivity contribution in [3.05, 3.63) is 0 Å². The molecule has 1 aliphatic carbocycles. The number of halogens is 1. The number of nitrogens with zero attached hydrogens (tertiary/aromatic N) is 1. The Morgan fingerprint density at radius 2 is 2.00 bits per heavy atom. The largest absolute Gasteiger partial charge is 0.294 e. The third-order valence-electron chi connectivity index (χ3n) is 3.44. The van der Waals surface area contributed by atoms with E-state index in [9.17, 15) is 0 Å². The van der Waals surface area contributed by atoms with Crippen molar-refractivity contribution in [2.75, 3.05) is 17.6 Å². The molecule has 2 saturated heterocycles. The predicted octanol–water partition coefficient (Wildman–Crippen LogP) is 2.36. The van der Waals surface area contributed by atoms with Crippen molar-refractivity contribution >= 4 is 22.6 Å². The number of hydrogen-bond donors (Lipinski definition) is 0. The third-order valence-corrected chi connectivity index (χ3v) is 4.41. The molecular formula is C9H16IN. The van der Waals surface area contributed by atoms with Crippen LogP contribution in [0.1, 0.15) is 19.8 Å². The summed E-state index contributed by atoms with van der Waals surface area (Å²) in [7, 11) is 0. The van der Waals surface area contributed by atoms with Crippen molar-refractivity contribution in [1.29, 1.82) is 0 Å². The number of hydrogen-bond acceptors (Lipinski definition) is 1. The molecule has 3 aliphatic rings. The molecule has 64 valence electrons. The van der Waals surface area contributed by atoms with Crippen LogP contribution in [0.3, 0.4) is 0 Å².